The van der Waals surface area contributed by atoms with Gasteiger partial charge in [-0.1, -0.05) is 31.5 Å². The van der Waals surface area contributed by atoms with Crippen LogP contribution in [-0.2, 0) is 6.54 Å². The van der Waals surface area contributed by atoms with Gasteiger partial charge in [-0.3, -0.25) is 0 Å². The average Bonchev–Trinajstić information content (AvgIpc) is 2.37. The molecule has 0 aromatic heterocycles. The molecular weight excluding hydrogens is 282 g/mol. The molecule has 1 aromatic carbocycles. The monoisotopic (exact) mass is 303 g/mol. The Labute approximate surface area is 124 Å². The summed E-state index contributed by atoms with van der Waals surface area (Å²) in [5, 5.41) is 22.1. The predicted molar refractivity (Wildman–Crippen MR) is 81.8 cm³/mol. The Bertz CT molecular complexity index is 388. The number of hydrogen-bond acceptors (Lipinski definition) is 4. The van der Waals surface area contributed by atoms with Gasteiger partial charge in [-0.2, -0.15) is 0 Å². The molecule has 0 spiro atoms. The Morgan fingerprint density at radius 3 is 2.68 bits per heavy atom. The first kappa shape index (κ1) is 16.8. The summed E-state index contributed by atoms with van der Waals surface area (Å²) in [7, 11) is 0. The highest BCUT2D eigenvalue weighted by Gasteiger charge is 2.06. The van der Waals surface area contributed by atoms with Crippen LogP contribution in [0.2, 0.25) is 5.02 Å². The molecule has 1 aromatic rings. The number of thioether (sulfide) groups is 1. The highest BCUT2D eigenvalue weighted by molar-refractivity contribution is 7.99. The molecular formula is C14H22ClNO2S. The SMILES string of the molecule is CC(C)CNCc1ccc(SCC(O)CO)cc1Cl. The smallest absolute Gasteiger partial charge is 0.0864 e. The average molecular weight is 304 g/mol. The number of nitrogens with one attached hydrogen (secondary N) is 1. The van der Waals surface area contributed by atoms with E-state index < -0.39 is 6.10 Å². The third kappa shape index (κ3) is 6.63. The van der Waals surface area contributed by atoms with Crippen molar-refractivity contribution in [1.82, 2.24) is 5.32 Å². The molecule has 0 saturated carbocycles. The van der Waals surface area contributed by atoms with Crippen LogP contribution in [0.15, 0.2) is 23.1 Å². The first-order valence-corrected chi connectivity index (χ1v) is 7.80. The molecule has 0 amide bonds. The lowest BCUT2D eigenvalue weighted by molar-refractivity contribution is 0.113. The summed E-state index contributed by atoms with van der Waals surface area (Å²) in [5.74, 6) is 1.09. The van der Waals surface area contributed by atoms with E-state index in [1.165, 1.54) is 11.8 Å². The van der Waals surface area contributed by atoms with Crippen LogP contribution in [0.5, 0.6) is 0 Å². The summed E-state index contributed by atoms with van der Waals surface area (Å²) in [6.07, 6.45) is -0.684. The molecule has 0 heterocycles. The molecule has 19 heavy (non-hydrogen) atoms. The molecule has 0 aliphatic heterocycles. The Kier molecular flexibility index (Phi) is 7.80. The zero-order valence-electron chi connectivity index (χ0n) is 11.4. The second-order valence-corrected chi connectivity index (χ2v) is 6.43. The Balaban J connectivity index is 2.49. The molecule has 1 rings (SSSR count). The maximum atomic E-state index is 9.30. The molecule has 0 aliphatic carbocycles. The van der Waals surface area contributed by atoms with E-state index in [-0.39, 0.29) is 6.61 Å². The fourth-order valence-corrected chi connectivity index (χ4v) is 2.67. The fraction of sp³-hybridized carbons (Fsp3) is 0.571. The van der Waals surface area contributed by atoms with Gasteiger partial charge >= 0.3 is 0 Å². The topological polar surface area (TPSA) is 52.5 Å². The normalized spacial score (nSPS) is 12.9. The van der Waals surface area contributed by atoms with E-state index in [1.807, 2.05) is 18.2 Å². The van der Waals surface area contributed by atoms with E-state index in [2.05, 4.69) is 19.2 Å². The molecule has 0 bridgehead atoms. The molecule has 3 N–H and O–H groups in total. The van der Waals surface area contributed by atoms with Gasteiger partial charge in [0.1, 0.15) is 0 Å². The van der Waals surface area contributed by atoms with Crippen LogP contribution >= 0.6 is 23.4 Å². The number of aliphatic hydroxyl groups excluding tert-OH is 2. The maximum Gasteiger partial charge on any atom is 0.0864 e. The fourth-order valence-electron chi connectivity index (χ4n) is 1.50. The largest absolute Gasteiger partial charge is 0.394 e. The number of hydrogen-bond donors (Lipinski definition) is 3. The first-order valence-electron chi connectivity index (χ1n) is 6.43. The minimum absolute atomic E-state index is 0.210. The van der Waals surface area contributed by atoms with Crippen LogP contribution in [0.25, 0.3) is 0 Å². The van der Waals surface area contributed by atoms with Crippen LogP contribution in [0.1, 0.15) is 19.4 Å². The lowest BCUT2D eigenvalue weighted by Crippen LogP contribution is -2.19. The van der Waals surface area contributed by atoms with E-state index >= 15 is 0 Å². The highest BCUT2D eigenvalue weighted by Crippen LogP contribution is 2.25. The maximum absolute atomic E-state index is 9.30. The van der Waals surface area contributed by atoms with Crippen LogP contribution in [0, 0.1) is 5.92 Å². The summed E-state index contributed by atoms with van der Waals surface area (Å²) in [4.78, 5) is 1.00. The minimum atomic E-state index is -0.684. The molecule has 0 aliphatic rings. The van der Waals surface area contributed by atoms with Gasteiger partial charge in [0.25, 0.3) is 0 Å². The van der Waals surface area contributed by atoms with Gasteiger partial charge in [-0.15, -0.1) is 11.8 Å². The van der Waals surface area contributed by atoms with Crippen molar-refractivity contribution in [3.05, 3.63) is 28.8 Å². The molecule has 1 atom stereocenters. The third-order valence-corrected chi connectivity index (χ3v) is 4.04. The van der Waals surface area contributed by atoms with Crippen molar-refractivity contribution >= 4 is 23.4 Å². The van der Waals surface area contributed by atoms with Crippen molar-refractivity contribution in [2.24, 2.45) is 5.92 Å². The molecule has 3 nitrogen and oxygen atoms in total. The van der Waals surface area contributed by atoms with Crippen molar-refractivity contribution in [3.63, 3.8) is 0 Å². The van der Waals surface area contributed by atoms with Gasteiger partial charge in [-0.25, -0.2) is 0 Å². The second-order valence-electron chi connectivity index (χ2n) is 4.93. The zero-order valence-corrected chi connectivity index (χ0v) is 13.0. The van der Waals surface area contributed by atoms with E-state index in [0.717, 1.165) is 28.6 Å². The quantitative estimate of drug-likeness (QED) is 0.646. The van der Waals surface area contributed by atoms with E-state index in [9.17, 15) is 5.11 Å². The standard InChI is InChI=1S/C14H22ClNO2S/c1-10(2)6-16-7-11-3-4-13(5-14(11)15)19-9-12(18)8-17/h3-5,10,12,16-18H,6-9H2,1-2H3. The lowest BCUT2D eigenvalue weighted by Gasteiger charge is -2.11. The van der Waals surface area contributed by atoms with Gasteiger partial charge in [0, 0.05) is 22.2 Å². The van der Waals surface area contributed by atoms with Crippen LogP contribution in [0.4, 0.5) is 0 Å². The molecule has 0 saturated heterocycles. The van der Waals surface area contributed by atoms with Gasteiger partial charge in [0.05, 0.1) is 12.7 Å². The van der Waals surface area contributed by atoms with Crippen molar-refractivity contribution in [2.45, 2.75) is 31.4 Å². The number of benzene rings is 1. The van der Waals surface area contributed by atoms with Gasteiger partial charge < -0.3 is 15.5 Å². The predicted octanol–water partition coefficient (Wildman–Crippen LogP) is 2.53. The molecule has 5 heteroatoms. The minimum Gasteiger partial charge on any atom is -0.394 e. The van der Waals surface area contributed by atoms with Crippen molar-refractivity contribution in [2.75, 3.05) is 18.9 Å². The van der Waals surface area contributed by atoms with Gasteiger partial charge in [0.15, 0.2) is 0 Å². The lowest BCUT2D eigenvalue weighted by atomic mass is 10.2. The summed E-state index contributed by atoms with van der Waals surface area (Å²) in [6.45, 7) is 5.86. The van der Waals surface area contributed by atoms with Gasteiger partial charge in [-0.05, 0) is 30.2 Å². The van der Waals surface area contributed by atoms with E-state index in [1.54, 1.807) is 0 Å². The highest BCUT2D eigenvalue weighted by atomic mass is 35.5. The van der Waals surface area contributed by atoms with E-state index in [0.29, 0.717) is 11.7 Å². The van der Waals surface area contributed by atoms with Crippen molar-refractivity contribution in [1.29, 1.82) is 0 Å². The Morgan fingerprint density at radius 1 is 1.37 bits per heavy atom. The molecule has 0 radical (unpaired) electrons. The Morgan fingerprint density at radius 2 is 2.11 bits per heavy atom. The number of halogens is 1. The zero-order chi connectivity index (χ0) is 14.3. The summed E-state index contributed by atoms with van der Waals surface area (Å²) in [5.41, 5.74) is 1.08. The summed E-state index contributed by atoms with van der Waals surface area (Å²) >= 11 is 7.72. The first-order chi connectivity index (χ1) is 9.02. The van der Waals surface area contributed by atoms with Gasteiger partial charge in [0.2, 0.25) is 0 Å². The number of rotatable bonds is 8. The summed E-state index contributed by atoms with van der Waals surface area (Å²) in [6, 6.07) is 5.90. The van der Waals surface area contributed by atoms with Crippen molar-refractivity contribution in [3.8, 4) is 0 Å². The molecule has 1 unspecified atom stereocenters. The van der Waals surface area contributed by atoms with Crippen LogP contribution < -0.4 is 5.32 Å². The number of aliphatic hydroxyl groups is 2. The van der Waals surface area contributed by atoms with Crippen LogP contribution in [-0.4, -0.2) is 35.2 Å². The summed E-state index contributed by atoms with van der Waals surface area (Å²) < 4.78 is 0. The second kappa shape index (κ2) is 8.82. The van der Waals surface area contributed by atoms with E-state index in [4.69, 9.17) is 16.7 Å². The van der Waals surface area contributed by atoms with Crippen molar-refractivity contribution < 1.29 is 10.2 Å². The Hall–Kier alpha value is -0.260. The third-order valence-electron chi connectivity index (χ3n) is 2.55. The molecule has 108 valence electrons. The molecule has 0 fully saturated rings. The van der Waals surface area contributed by atoms with Crippen LogP contribution in [0.3, 0.4) is 0 Å².